The maximum atomic E-state index is 12.0. The summed E-state index contributed by atoms with van der Waals surface area (Å²) in [6.07, 6.45) is -0.128. The van der Waals surface area contributed by atoms with Crippen molar-refractivity contribution in [3.63, 3.8) is 0 Å². The largest absolute Gasteiger partial charge is 0.480 e. The van der Waals surface area contributed by atoms with Gasteiger partial charge in [-0.1, -0.05) is 6.07 Å². The molecule has 0 heterocycles. The van der Waals surface area contributed by atoms with Crippen LogP contribution in [0.25, 0.3) is 0 Å². The average molecular weight is 314 g/mol. The molecule has 0 bridgehead atoms. The number of sulfonamides is 1. The summed E-state index contributed by atoms with van der Waals surface area (Å²) in [7, 11) is -3.67. The third kappa shape index (κ3) is 5.52. The SMILES string of the molecule is Cc1ccc(S(=O)(=O)NCCC(=O)NCC(=O)O)cc1C. The molecule has 1 amide bonds. The van der Waals surface area contributed by atoms with Crippen molar-refractivity contribution in [3.05, 3.63) is 29.3 Å². The molecule has 0 saturated heterocycles. The maximum absolute atomic E-state index is 12.0. The predicted octanol–water partition coefficient (Wildman–Crippen LogP) is 0.173. The van der Waals surface area contributed by atoms with Crippen molar-refractivity contribution in [3.8, 4) is 0 Å². The van der Waals surface area contributed by atoms with Crippen molar-refractivity contribution in [2.24, 2.45) is 0 Å². The van der Waals surface area contributed by atoms with Crippen molar-refractivity contribution < 1.29 is 23.1 Å². The Hall–Kier alpha value is -1.93. The number of carbonyl (C=O) groups is 2. The van der Waals surface area contributed by atoms with Gasteiger partial charge in [0.05, 0.1) is 4.90 Å². The Balaban J connectivity index is 2.55. The number of rotatable bonds is 7. The molecule has 0 aliphatic heterocycles. The van der Waals surface area contributed by atoms with Crippen LogP contribution < -0.4 is 10.0 Å². The van der Waals surface area contributed by atoms with Gasteiger partial charge in [0.2, 0.25) is 15.9 Å². The van der Waals surface area contributed by atoms with E-state index in [2.05, 4.69) is 10.0 Å². The summed E-state index contributed by atoms with van der Waals surface area (Å²) in [6, 6.07) is 4.76. The molecule has 1 aromatic carbocycles. The number of nitrogens with one attached hydrogen (secondary N) is 2. The van der Waals surface area contributed by atoms with Crippen molar-refractivity contribution in [1.82, 2.24) is 10.0 Å². The summed E-state index contributed by atoms with van der Waals surface area (Å²) in [4.78, 5) is 21.7. The van der Waals surface area contributed by atoms with Crippen LogP contribution in [0.5, 0.6) is 0 Å². The van der Waals surface area contributed by atoms with Crippen molar-refractivity contribution in [2.45, 2.75) is 25.2 Å². The first kappa shape index (κ1) is 17.1. The Morgan fingerprint density at radius 1 is 1.19 bits per heavy atom. The van der Waals surface area contributed by atoms with Gasteiger partial charge in [-0.15, -0.1) is 0 Å². The first-order chi connectivity index (χ1) is 9.72. The molecule has 0 saturated carbocycles. The van der Waals surface area contributed by atoms with E-state index in [1.807, 2.05) is 13.8 Å². The number of carboxylic acids is 1. The van der Waals surface area contributed by atoms with Crippen LogP contribution in [0.4, 0.5) is 0 Å². The molecule has 0 atom stereocenters. The van der Waals surface area contributed by atoms with Gasteiger partial charge >= 0.3 is 5.97 Å². The first-order valence-electron chi connectivity index (χ1n) is 6.28. The molecule has 21 heavy (non-hydrogen) atoms. The first-order valence-corrected chi connectivity index (χ1v) is 7.76. The maximum Gasteiger partial charge on any atom is 0.322 e. The lowest BCUT2D eigenvalue weighted by Gasteiger charge is -2.08. The summed E-state index contributed by atoms with van der Waals surface area (Å²) < 4.78 is 26.3. The van der Waals surface area contributed by atoms with Crippen molar-refractivity contribution in [1.29, 1.82) is 0 Å². The summed E-state index contributed by atoms with van der Waals surface area (Å²) in [6.45, 7) is 3.11. The number of hydrogen-bond acceptors (Lipinski definition) is 4. The summed E-state index contributed by atoms with van der Waals surface area (Å²) >= 11 is 0. The minimum atomic E-state index is -3.67. The van der Waals surface area contributed by atoms with Crippen molar-refractivity contribution in [2.75, 3.05) is 13.1 Å². The molecule has 3 N–H and O–H groups in total. The zero-order valence-electron chi connectivity index (χ0n) is 11.8. The molecular formula is C13H18N2O5S. The molecule has 7 nitrogen and oxygen atoms in total. The van der Waals surface area contributed by atoms with Gasteiger partial charge in [0.1, 0.15) is 6.54 Å². The Kier molecular flexibility index (Phi) is 5.86. The number of aryl methyl sites for hydroxylation is 2. The lowest BCUT2D eigenvalue weighted by Crippen LogP contribution is -2.33. The lowest BCUT2D eigenvalue weighted by molar-refractivity contribution is -0.137. The highest BCUT2D eigenvalue weighted by atomic mass is 32.2. The molecule has 0 aromatic heterocycles. The van der Waals surface area contributed by atoms with E-state index in [0.29, 0.717) is 0 Å². The lowest BCUT2D eigenvalue weighted by atomic mass is 10.1. The van der Waals surface area contributed by atoms with Crippen LogP contribution in [0.3, 0.4) is 0 Å². The van der Waals surface area contributed by atoms with Crippen LogP contribution in [-0.2, 0) is 19.6 Å². The van der Waals surface area contributed by atoms with E-state index in [0.717, 1.165) is 11.1 Å². The summed E-state index contributed by atoms with van der Waals surface area (Å²) in [5, 5.41) is 10.5. The zero-order chi connectivity index (χ0) is 16.0. The van der Waals surface area contributed by atoms with Gasteiger partial charge in [-0.25, -0.2) is 13.1 Å². The predicted molar refractivity (Wildman–Crippen MR) is 76.4 cm³/mol. The van der Waals surface area contributed by atoms with Gasteiger partial charge < -0.3 is 10.4 Å². The Morgan fingerprint density at radius 3 is 2.43 bits per heavy atom. The standard InChI is InChI=1S/C13H18N2O5S/c1-9-3-4-11(7-10(9)2)21(19,20)15-6-5-12(16)14-8-13(17)18/h3-4,7,15H,5-6,8H2,1-2H3,(H,14,16)(H,17,18). The van der Waals surface area contributed by atoms with Crippen LogP contribution in [0, 0.1) is 13.8 Å². The van der Waals surface area contributed by atoms with Crippen LogP contribution >= 0.6 is 0 Å². The number of carboxylic acid groups (broad SMARTS) is 1. The summed E-state index contributed by atoms with van der Waals surface area (Å²) in [5.74, 6) is -1.68. The van der Waals surface area contributed by atoms with E-state index < -0.39 is 28.4 Å². The van der Waals surface area contributed by atoms with Gasteiger partial charge in [0.25, 0.3) is 0 Å². The Bertz CT molecular complexity index is 640. The summed E-state index contributed by atoms with van der Waals surface area (Å²) in [5.41, 5.74) is 1.85. The van der Waals surface area contributed by atoms with Gasteiger partial charge in [-0.2, -0.15) is 0 Å². The minimum Gasteiger partial charge on any atom is -0.480 e. The molecule has 0 aliphatic carbocycles. The van der Waals surface area contributed by atoms with Crippen LogP contribution in [0.15, 0.2) is 23.1 Å². The van der Waals surface area contributed by atoms with Gasteiger partial charge in [0.15, 0.2) is 0 Å². The fourth-order valence-electron chi connectivity index (χ4n) is 1.53. The zero-order valence-corrected chi connectivity index (χ0v) is 12.7. The molecular weight excluding hydrogens is 296 g/mol. The highest BCUT2D eigenvalue weighted by Crippen LogP contribution is 2.14. The topological polar surface area (TPSA) is 113 Å². The number of hydrogen-bond donors (Lipinski definition) is 3. The molecule has 0 spiro atoms. The van der Waals surface area contributed by atoms with Crippen molar-refractivity contribution >= 4 is 21.9 Å². The second kappa shape index (κ2) is 7.19. The number of amides is 1. The Labute approximate surface area is 123 Å². The van der Waals surface area contributed by atoms with E-state index in [1.165, 1.54) is 6.07 Å². The van der Waals surface area contributed by atoms with Gasteiger partial charge in [-0.05, 0) is 37.1 Å². The van der Waals surface area contributed by atoms with E-state index in [4.69, 9.17) is 5.11 Å². The molecule has 0 unspecified atom stereocenters. The number of benzene rings is 1. The molecule has 1 aromatic rings. The monoisotopic (exact) mass is 314 g/mol. The van der Waals surface area contributed by atoms with Crippen LogP contribution in [-0.4, -0.2) is 38.5 Å². The fraction of sp³-hybridized carbons (Fsp3) is 0.385. The molecule has 8 heteroatoms. The van der Waals surface area contributed by atoms with Gasteiger partial charge in [0, 0.05) is 13.0 Å². The second-order valence-corrected chi connectivity index (χ2v) is 6.33. The highest BCUT2D eigenvalue weighted by Gasteiger charge is 2.14. The minimum absolute atomic E-state index is 0.0965. The average Bonchev–Trinajstić information content (AvgIpc) is 2.39. The number of carbonyl (C=O) groups excluding carboxylic acids is 1. The molecule has 0 aliphatic rings. The highest BCUT2D eigenvalue weighted by molar-refractivity contribution is 7.89. The quantitative estimate of drug-likeness (QED) is 0.664. The number of aliphatic carboxylic acids is 1. The molecule has 116 valence electrons. The Morgan fingerprint density at radius 2 is 1.86 bits per heavy atom. The van der Waals surface area contributed by atoms with Crippen LogP contribution in [0.2, 0.25) is 0 Å². The molecule has 1 rings (SSSR count). The van der Waals surface area contributed by atoms with E-state index in [9.17, 15) is 18.0 Å². The van der Waals surface area contributed by atoms with E-state index in [1.54, 1.807) is 12.1 Å². The second-order valence-electron chi connectivity index (χ2n) is 4.56. The van der Waals surface area contributed by atoms with E-state index >= 15 is 0 Å². The third-order valence-electron chi connectivity index (χ3n) is 2.87. The van der Waals surface area contributed by atoms with Gasteiger partial charge in [-0.3, -0.25) is 9.59 Å². The molecule has 0 fully saturated rings. The van der Waals surface area contributed by atoms with E-state index in [-0.39, 0.29) is 17.9 Å². The fourth-order valence-corrected chi connectivity index (χ4v) is 2.64. The van der Waals surface area contributed by atoms with Crippen LogP contribution in [0.1, 0.15) is 17.5 Å². The molecule has 0 radical (unpaired) electrons. The third-order valence-corrected chi connectivity index (χ3v) is 4.33. The smallest absolute Gasteiger partial charge is 0.322 e. The normalized spacial score (nSPS) is 11.1.